The van der Waals surface area contributed by atoms with Gasteiger partial charge in [-0.2, -0.15) is 0 Å². The highest BCUT2D eigenvalue weighted by atomic mass is 79.9. The van der Waals surface area contributed by atoms with Gasteiger partial charge in [0.2, 0.25) is 0 Å². The highest BCUT2D eigenvalue weighted by Gasteiger charge is 2.16. The molecule has 0 atom stereocenters. The Morgan fingerprint density at radius 1 is 1.32 bits per heavy atom. The van der Waals surface area contributed by atoms with Gasteiger partial charge in [-0.05, 0) is 41.2 Å². The Balaban J connectivity index is 2.22. The van der Waals surface area contributed by atoms with Gasteiger partial charge in [0.25, 0.3) is 0 Å². The van der Waals surface area contributed by atoms with Crippen LogP contribution in [0.5, 0.6) is 5.75 Å². The van der Waals surface area contributed by atoms with Crippen LogP contribution < -0.4 is 4.74 Å². The molecule has 1 aromatic heterocycles. The molecule has 0 N–H and O–H groups in total. The van der Waals surface area contributed by atoms with Gasteiger partial charge in [-0.15, -0.1) is 0 Å². The Labute approximate surface area is 123 Å². The average molecular weight is 339 g/mol. The second-order valence-electron chi connectivity index (χ2n) is 3.76. The highest BCUT2D eigenvalue weighted by Crippen LogP contribution is 2.20. The Morgan fingerprint density at radius 2 is 2.00 bits per heavy atom. The molecule has 4 nitrogen and oxygen atoms in total. The molecular formula is C13H11BrN2O2S. The normalized spacial score (nSPS) is 10.3. The van der Waals surface area contributed by atoms with Gasteiger partial charge >= 0.3 is 5.97 Å². The number of hydrogen-bond donors (Lipinski definition) is 0. The summed E-state index contributed by atoms with van der Waals surface area (Å²) in [4.78, 5) is 20.2. The van der Waals surface area contributed by atoms with Crippen molar-refractivity contribution in [1.82, 2.24) is 9.97 Å². The number of thioether (sulfide) groups is 1. The summed E-state index contributed by atoms with van der Waals surface area (Å²) < 4.78 is 5.78. The fraction of sp³-hybridized carbons (Fsp3) is 0.154. The minimum atomic E-state index is -0.506. The van der Waals surface area contributed by atoms with Gasteiger partial charge < -0.3 is 4.74 Å². The lowest BCUT2D eigenvalue weighted by molar-refractivity contribution is 0.0726. The molecule has 0 fully saturated rings. The summed E-state index contributed by atoms with van der Waals surface area (Å²) in [6.45, 7) is 1.97. The molecule has 0 saturated heterocycles. The van der Waals surface area contributed by atoms with E-state index in [1.165, 1.54) is 11.8 Å². The Morgan fingerprint density at radius 3 is 2.63 bits per heavy atom. The summed E-state index contributed by atoms with van der Waals surface area (Å²) in [6, 6.07) is 7.26. The average Bonchev–Trinajstić information content (AvgIpc) is 2.42. The maximum Gasteiger partial charge on any atom is 0.363 e. The molecule has 0 amide bonds. The number of esters is 1. The summed E-state index contributed by atoms with van der Waals surface area (Å²) in [5, 5.41) is 0.527. The van der Waals surface area contributed by atoms with E-state index in [0.717, 1.165) is 5.56 Å². The van der Waals surface area contributed by atoms with Crippen molar-refractivity contribution in [3.8, 4) is 5.75 Å². The molecule has 2 aromatic rings. The summed E-state index contributed by atoms with van der Waals surface area (Å²) in [7, 11) is 0. The molecule has 0 radical (unpaired) electrons. The predicted molar refractivity (Wildman–Crippen MR) is 77.7 cm³/mol. The topological polar surface area (TPSA) is 52.1 Å². The van der Waals surface area contributed by atoms with Crippen molar-refractivity contribution in [3.05, 3.63) is 46.2 Å². The van der Waals surface area contributed by atoms with Crippen molar-refractivity contribution >= 4 is 33.7 Å². The number of rotatable bonds is 3. The van der Waals surface area contributed by atoms with Gasteiger partial charge in [-0.25, -0.2) is 14.8 Å². The van der Waals surface area contributed by atoms with Crippen LogP contribution in [0.4, 0.5) is 0 Å². The molecular weight excluding hydrogens is 328 g/mol. The van der Waals surface area contributed by atoms with Crippen molar-refractivity contribution in [1.29, 1.82) is 0 Å². The van der Waals surface area contributed by atoms with Crippen LogP contribution in [0.15, 0.2) is 40.1 Å². The van der Waals surface area contributed by atoms with E-state index in [1.54, 1.807) is 18.3 Å². The summed E-state index contributed by atoms with van der Waals surface area (Å²) in [5.74, 6) is -0.0137. The van der Waals surface area contributed by atoms with Crippen molar-refractivity contribution < 1.29 is 9.53 Å². The summed E-state index contributed by atoms with van der Waals surface area (Å²) >= 11 is 4.62. The molecule has 2 rings (SSSR count). The first-order valence-corrected chi connectivity index (χ1v) is 7.47. The number of hydrogen-bond acceptors (Lipinski definition) is 5. The first-order valence-electron chi connectivity index (χ1n) is 5.45. The van der Waals surface area contributed by atoms with E-state index in [0.29, 0.717) is 15.4 Å². The number of nitrogens with zero attached hydrogens (tertiary/aromatic N) is 2. The number of ether oxygens (including phenoxy) is 1. The molecule has 0 unspecified atom stereocenters. The molecule has 0 aliphatic rings. The molecule has 0 bridgehead atoms. The van der Waals surface area contributed by atoms with Gasteiger partial charge in [0, 0.05) is 6.20 Å². The second kappa shape index (κ2) is 6.16. The number of halogens is 1. The molecule has 98 valence electrons. The largest absolute Gasteiger partial charge is 0.422 e. The van der Waals surface area contributed by atoms with Crippen LogP contribution in [-0.4, -0.2) is 22.2 Å². The first-order chi connectivity index (χ1) is 9.10. The van der Waals surface area contributed by atoms with Crippen molar-refractivity contribution in [2.45, 2.75) is 12.1 Å². The number of aryl methyl sites for hydroxylation is 1. The number of carbonyl (C=O) groups is 1. The van der Waals surface area contributed by atoms with Crippen LogP contribution in [0.25, 0.3) is 0 Å². The van der Waals surface area contributed by atoms with Crippen LogP contribution in [0, 0.1) is 6.92 Å². The highest BCUT2D eigenvalue weighted by molar-refractivity contribution is 9.10. The molecule has 0 aliphatic heterocycles. The lowest BCUT2D eigenvalue weighted by Crippen LogP contribution is -2.12. The number of carbonyl (C=O) groups excluding carboxylic acids is 1. The Hall–Kier alpha value is -1.40. The molecule has 1 heterocycles. The van der Waals surface area contributed by atoms with E-state index in [9.17, 15) is 4.79 Å². The van der Waals surface area contributed by atoms with Crippen LogP contribution in [0.3, 0.4) is 0 Å². The molecule has 0 saturated carbocycles. The Kier molecular flexibility index (Phi) is 4.55. The Bertz CT molecular complexity index is 602. The molecule has 19 heavy (non-hydrogen) atoms. The minimum Gasteiger partial charge on any atom is -0.422 e. The van der Waals surface area contributed by atoms with Gasteiger partial charge in [0.05, 0.1) is 4.47 Å². The first kappa shape index (κ1) is 14.0. The zero-order valence-corrected chi connectivity index (χ0v) is 12.8. The summed E-state index contributed by atoms with van der Waals surface area (Å²) in [6.07, 6.45) is 3.39. The third-order valence-electron chi connectivity index (χ3n) is 2.33. The van der Waals surface area contributed by atoms with Crippen molar-refractivity contribution in [2.75, 3.05) is 6.26 Å². The van der Waals surface area contributed by atoms with Crippen LogP contribution >= 0.6 is 27.7 Å². The summed E-state index contributed by atoms with van der Waals surface area (Å²) in [5.41, 5.74) is 1.33. The second-order valence-corrected chi connectivity index (χ2v) is 5.38. The van der Waals surface area contributed by atoms with E-state index in [4.69, 9.17) is 4.74 Å². The van der Waals surface area contributed by atoms with E-state index in [2.05, 4.69) is 25.9 Å². The van der Waals surface area contributed by atoms with E-state index < -0.39 is 5.97 Å². The van der Waals surface area contributed by atoms with Gasteiger partial charge in [-0.1, -0.05) is 29.5 Å². The van der Waals surface area contributed by atoms with Gasteiger partial charge in [0.1, 0.15) is 5.75 Å². The number of benzene rings is 1. The van der Waals surface area contributed by atoms with Crippen LogP contribution in [0.2, 0.25) is 0 Å². The third-order valence-corrected chi connectivity index (χ3v) is 3.47. The zero-order chi connectivity index (χ0) is 13.8. The monoisotopic (exact) mass is 338 g/mol. The molecule has 6 heteroatoms. The van der Waals surface area contributed by atoms with E-state index >= 15 is 0 Å². The maximum atomic E-state index is 12.0. The molecule has 0 spiro atoms. The van der Waals surface area contributed by atoms with E-state index in [1.807, 2.05) is 25.3 Å². The van der Waals surface area contributed by atoms with Crippen molar-refractivity contribution in [2.24, 2.45) is 0 Å². The zero-order valence-electron chi connectivity index (χ0n) is 10.4. The van der Waals surface area contributed by atoms with E-state index in [-0.39, 0.29) is 5.69 Å². The predicted octanol–water partition coefficient (Wildman–Crippen LogP) is 3.49. The lowest BCUT2D eigenvalue weighted by Gasteiger charge is -2.06. The van der Waals surface area contributed by atoms with Gasteiger partial charge in [0.15, 0.2) is 10.9 Å². The maximum absolute atomic E-state index is 12.0. The van der Waals surface area contributed by atoms with Crippen LogP contribution in [0.1, 0.15) is 16.1 Å². The van der Waals surface area contributed by atoms with Gasteiger partial charge in [-0.3, -0.25) is 0 Å². The quantitative estimate of drug-likeness (QED) is 0.371. The standard InChI is InChI=1S/C13H11BrN2O2S/c1-8-3-5-9(6-4-8)18-12(17)11-10(14)7-15-13(16-11)19-2/h3-7H,1-2H3. The SMILES string of the molecule is CSc1ncc(Br)c(C(=O)Oc2ccc(C)cc2)n1. The van der Waals surface area contributed by atoms with Crippen molar-refractivity contribution in [3.63, 3.8) is 0 Å². The molecule has 0 aliphatic carbocycles. The fourth-order valence-electron chi connectivity index (χ4n) is 1.35. The fourth-order valence-corrected chi connectivity index (χ4v) is 2.05. The third kappa shape index (κ3) is 3.54. The smallest absolute Gasteiger partial charge is 0.363 e. The minimum absolute atomic E-state index is 0.222. The molecule has 1 aromatic carbocycles. The lowest BCUT2D eigenvalue weighted by atomic mass is 10.2. The number of aromatic nitrogens is 2. The van der Waals surface area contributed by atoms with Crippen LogP contribution in [-0.2, 0) is 0 Å².